The second-order valence-electron chi connectivity index (χ2n) is 4.74. The highest BCUT2D eigenvalue weighted by Crippen LogP contribution is 2.34. The maximum Gasteiger partial charge on any atom is 0.306 e. The lowest BCUT2D eigenvalue weighted by Crippen LogP contribution is -2.20. The molecule has 1 saturated carbocycles. The quantitative estimate of drug-likeness (QED) is 0.848. The van der Waals surface area contributed by atoms with Crippen LogP contribution in [0.2, 0.25) is 0 Å². The molecule has 2 unspecified atom stereocenters. The minimum absolute atomic E-state index is 0.157. The number of carbonyl (C=O) groups is 1. The molecule has 0 bridgehead atoms. The van der Waals surface area contributed by atoms with E-state index in [4.69, 9.17) is 5.11 Å². The zero-order valence-corrected chi connectivity index (χ0v) is 9.81. The molecule has 4 heteroatoms. The molecule has 1 aromatic rings. The molecule has 0 saturated heterocycles. The van der Waals surface area contributed by atoms with Crippen LogP contribution >= 0.6 is 0 Å². The van der Waals surface area contributed by atoms with E-state index >= 15 is 0 Å². The van der Waals surface area contributed by atoms with Crippen LogP contribution in [0.5, 0.6) is 0 Å². The van der Waals surface area contributed by atoms with E-state index < -0.39 is 5.97 Å². The van der Waals surface area contributed by atoms with Gasteiger partial charge in [0.15, 0.2) is 0 Å². The number of carboxylic acids is 1. The zero-order chi connectivity index (χ0) is 11.7. The smallest absolute Gasteiger partial charge is 0.306 e. The molecule has 0 aromatic carbocycles. The lowest BCUT2D eigenvalue weighted by molar-refractivity contribution is -0.142. The summed E-state index contributed by atoms with van der Waals surface area (Å²) in [6.45, 7) is 1.97. The van der Waals surface area contributed by atoms with Gasteiger partial charge in [-0.3, -0.25) is 9.48 Å². The van der Waals surface area contributed by atoms with Crippen LogP contribution in [0, 0.1) is 18.8 Å². The summed E-state index contributed by atoms with van der Waals surface area (Å²) in [5.74, 6) is -0.510. The summed E-state index contributed by atoms with van der Waals surface area (Å²) in [5, 5.41) is 13.4. The van der Waals surface area contributed by atoms with Gasteiger partial charge in [-0.1, -0.05) is 6.42 Å². The van der Waals surface area contributed by atoms with Crippen molar-refractivity contribution in [2.45, 2.75) is 32.6 Å². The van der Waals surface area contributed by atoms with E-state index in [9.17, 15) is 4.79 Å². The van der Waals surface area contributed by atoms with E-state index in [1.165, 1.54) is 0 Å². The minimum atomic E-state index is -0.638. The number of hydrogen-bond donors (Lipinski definition) is 1. The summed E-state index contributed by atoms with van der Waals surface area (Å²) in [5.41, 5.74) is 2.15. The molecule has 1 aromatic heterocycles. The van der Waals surface area contributed by atoms with E-state index in [1.807, 2.05) is 18.7 Å². The summed E-state index contributed by atoms with van der Waals surface area (Å²) in [4.78, 5) is 11.1. The highest BCUT2D eigenvalue weighted by molar-refractivity contribution is 5.70. The van der Waals surface area contributed by atoms with Crippen molar-refractivity contribution < 1.29 is 9.90 Å². The summed E-state index contributed by atoms with van der Waals surface area (Å²) in [6.07, 6.45) is 3.74. The summed E-state index contributed by atoms with van der Waals surface area (Å²) >= 11 is 0. The first-order chi connectivity index (χ1) is 7.58. The summed E-state index contributed by atoms with van der Waals surface area (Å²) in [6, 6.07) is 2.05. The maximum absolute atomic E-state index is 11.1. The van der Waals surface area contributed by atoms with Gasteiger partial charge in [0.05, 0.1) is 11.6 Å². The van der Waals surface area contributed by atoms with Gasteiger partial charge < -0.3 is 5.11 Å². The summed E-state index contributed by atoms with van der Waals surface area (Å²) in [7, 11) is 1.92. The molecule has 16 heavy (non-hydrogen) atoms. The first-order valence-electron chi connectivity index (χ1n) is 5.80. The molecule has 2 rings (SSSR count). The molecular formula is C12H18N2O2. The fourth-order valence-corrected chi connectivity index (χ4v) is 2.73. The van der Waals surface area contributed by atoms with Crippen LogP contribution in [0.25, 0.3) is 0 Å². The molecule has 4 nitrogen and oxygen atoms in total. The van der Waals surface area contributed by atoms with Gasteiger partial charge in [0.2, 0.25) is 0 Å². The van der Waals surface area contributed by atoms with Crippen LogP contribution in [0.3, 0.4) is 0 Å². The monoisotopic (exact) mass is 222 g/mol. The Labute approximate surface area is 95.3 Å². The Balaban J connectivity index is 2.09. The largest absolute Gasteiger partial charge is 0.481 e. The summed E-state index contributed by atoms with van der Waals surface area (Å²) < 4.78 is 1.87. The number of aryl methyl sites for hydroxylation is 2. The van der Waals surface area contributed by atoms with Crippen molar-refractivity contribution in [1.82, 2.24) is 9.78 Å². The van der Waals surface area contributed by atoms with E-state index in [1.54, 1.807) is 0 Å². The average Bonchev–Trinajstić information content (AvgIpc) is 2.75. The third kappa shape index (κ3) is 2.10. The molecule has 0 amide bonds. The van der Waals surface area contributed by atoms with Crippen molar-refractivity contribution in [1.29, 1.82) is 0 Å². The highest BCUT2D eigenvalue weighted by atomic mass is 16.4. The van der Waals surface area contributed by atoms with Gasteiger partial charge in [-0.05, 0) is 38.2 Å². The average molecular weight is 222 g/mol. The van der Waals surface area contributed by atoms with Gasteiger partial charge in [-0.2, -0.15) is 5.10 Å². The number of aromatic nitrogens is 2. The Kier molecular flexibility index (Phi) is 2.99. The van der Waals surface area contributed by atoms with Crippen molar-refractivity contribution >= 4 is 5.97 Å². The van der Waals surface area contributed by atoms with Crippen molar-refractivity contribution in [3.63, 3.8) is 0 Å². The maximum atomic E-state index is 11.1. The predicted octanol–water partition coefficient (Wildman–Crippen LogP) is 1.77. The lowest BCUT2D eigenvalue weighted by atomic mass is 9.91. The number of aliphatic carboxylic acids is 1. The number of rotatable bonds is 3. The predicted molar refractivity (Wildman–Crippen MR) is 60.1 cm³/mol. The Hall–Kier alpha value is -1.32. The fourth-order valence-electron chi connectivity index (χ4n) is 2.73. The van der Waals surface area contributed by atoms with E-state index in [0.717, 1.165) is 37.1 Å². The number of carboxylic acid groups (broad SMARTS) is 1. The molecule has 0 aliphatic heterocycles. The molecule has 1 aliphatic carbocycles. The first kappa shape index (κ1) is 11.2. The third-order valence-electron chi connectivity index (χ3n) is 3.55. The van der Waals surface area contributed by atoms with Crippen molar-refractivity contribution in [3.05, 3.63) is 17.5 Å². The lowest BCUT2D eigenvalue weighted by Gasteiger charge is -2.15. The van der Waals surface area contributed by atoms with Gasteiger partial charge in [-0.25, -0.2) is 0 Å². The second-order valence-corrected chi connectivity index (χ2v) is 4.74. The molecule has 88 valence electrons. The molecule has 1 N–H and O–H groups in total. The topological polar surface area (TPSA) is 55.1 Å². The molecule has 0 radical (unpaired) electrons. The molecular weight excluding hydrogens is 204 g/mol. The first-order valence-corrected chi connectivity index (χ1v) is 5.80. The van der Waals surface area contributed by atoms with Crippen LogP contribution in [0.1, 0.15) is 30.7 Å². The molecule has 0 spiro atoms. The number of hydrogen-bond acceptors (Lipinski definition) is 2. The second kappa shape index (κ2) is 4.28. The Morgan fingerprint density at radius 1 is 1.62 bits per heavy atom. The van der Waals surface area contributed by atoms with Crippen LogP contribution in [-0.4, -0.2) is 20.9 Å². The van der Waals surface area contributed by atoms with Gasteiger partial charge in [-0.15, -0.1) is 0 Å². The zero-order valence-electron chi connectivity index (χ0n) is 9.81. The van der Waals surface area contributed by atoms with Crippen LogP contribution in [0.4, 0.5) is 0 Å². The highest BCUT2D eigenvalue weighted by Gasteiger charge is 2.33. The van der Waals surface area contributed by atoms with E-state index in [-0.39, 0.29) is 11.8 Å². The third-order valence-corrected chi connectivity index (χ3v) is 3.55. The Morgan fingerprint density at radius 2 is 2.38 bits per heavy atom. The van der Waals surface area contributed by atoms with Gasteiger partial charge in [0, 0.05) is 12.7 Å². The molecule has 1 aliphatic rings. The number of nitrogens with zero attached hydrogens (tertiary/aromatic N) is 2. The molecule has 1 heterocycles. The molecule has 1 fully saturated rings. The standard InChI is InChI=1S/C12H18N2O2/c1-8-6-10(14(2)13-8)7-9-4-3-5-11(9)12(15)16/h6,9,11H,3-5,7H2,1-2H3,(H,15,16). The fraction of sp³-hybridized carbons (Fsp3) is 0.667. The SMILES string of the molecule is Cc1cc(CC2CCCC2C(=O)O)n(C)n1. The van der Waals surface area contributed by atoms with Crippen molar-refractivity contribution in [3.8, 4) is 0 Å². The van der Waals surface area contributed by atoms with E-state index in [2.05, 4.69) is 11.2 Å². The van der Waals surface area contributed by atoms with Crippen LogP contribution in [-0.2, 0) is 18.3 Å². The van der Waals surface area contributed by atoms with Gasteiger partial charge >= 0.3 is 5.97 Å². The van der Waals surface area contributed by atoms with Crippen molar-refractivity contribution in [2.24, 2.45) is 18.9 Å². The van der Waals surface area contributed by atoms with Crippen molar-refractivity contribution in [2.75, 3.05) is 0 Å². The molecule has 2 atom stereocenters. The van der Waals surface area contributed by atoms with Crippen LogP contribution < -0.4 is 0 Å². The van der Waals surface area contributed by atoms with Gasteiger partial charge in [0.1, 0.15) is 0 Å². The minimum Gasteiger partial charge on any atom is -0.481 e. The van der Waals surface area contributed by atoms with Crippen LogP contribution in [0.15, 0.2) is 6.07 Å². The Morgan fingerprint density at radius 3 is 2.94 bits per heavy atom. The van der Waals surface area contributed by atoms with Gasteiger partial charge in [0.25, 0.3) is 0 Å². The Bertz CT molecular complexity index is 398. The normalized spacial score (nSPS) is 24.9. The van der Waals surface area contributed by atoms with E-state index in [0.29, 0.717) is 0 Å².